The molecule has 1 rings (SSSR count). The molecular weight excluding hydrogens is 187 g/mol. The Labute approximate surface area is 81.2 Å². The number of aliphatic hydroxyl groups excluding tert-OH is 1. The third kappa shape index (κ3) is 2.81. The first kappa shape index (κ1) is 10.6. The van der Waals surface area contributed by atoms with Gasteiger partial charge in [0.05, 0.1) is 12.3 Å². The number of hydrogen-bond donors (Lipinski definition) is 3. The van der Waals surface area contributed by atoms with Gasteiger partial charge in [-0.25, -0.2) is 9.37 Å². The number of aromatic nitrogens is 2. The molecule has 14 heavy (non-hydrogen) atoms. The minimum absolute atomic E-state index is 0.000103. The Kier molecular flexibility index (Phi) is 3.58. The first-order valence-corrected chi connectivity index (χ1v) is 4.33. The van der Waals surface area contributed by atoms with E-state index in [0.29, 0.717) is 6.42 Å². The zero-order valence-corrected chi connectivity index (χ0v) is 7.87. The summed E-state index contributed by atoms with van der Waals surface area (Å²) >= 11 is 0. The third-order valence-corrected chi connectivity index (χ3v) is 1.74. The van der Waals surface area contributed by atoms with Crippen LogP contribution in [0.2, 0.25) is 0 Å². The fraction of sp³-hybridized carbons (Fsp3) is 0.500. The monoisotopic (exact) mass is 200 g/mol. The number of aliphatic hydroxyl groups is 1. The van der Waals surface area contributed by atoms with Gasteiger partial charge >= 0.3 is 0 Å². The fourth-order valence-corrected chi connectivity index (χ4v) is 0.864. The van der Waals surface area contributed by atoms with Crippen molar-refractivity contribution in [3.63, 3.8) is 0 Å². The zero-order chi connectivity index (χ0) is 10.6. The van der Waals surface area contributed by atoms with Crippen LogP contribution in [-0.4, -0.2) is 27.7 Å². The molecule has 0 aromatic carbocycles. The fourth-order valence-electron chi connectivity index (χ4n) is 0.864. The molecule has 0 radical (unpaired) electrons. The molecule has 0 aliphatic heterocycles. The molecule has 0 bridgehead atoms. The van der Waals surface area contributed by atoms with Gasteiger partial charge in [0.1, 0.15) is 0 Å². The minimum Gasteiger partial charge on any atom is -0.391 e. The van der Waals surface area contributed by atoms with Crippen LogP contribution in [0.25, 0.3) is 0 Å². The van der Waals surface area contributed by atoms with E-state index in [1.807, 2.05) is 6.92 Å². The van der Waals surface area contributed by atoms with E-state index in [-0.39, 0.29) is 18.3 Å². The highest BCUT2D eigenvalue weighted by Crippen LogP contribution is 2.09. The molecule has 1 aromatic heterocycles. The average Bonchev–Trinajstić information content (AvgIpc) is 2.19. The Morgan fingerprint density at radius 2 is 2.43 bits per heavy atom. The molecule has 0 saturated heterocycles. The largest absolute Gasteiger partial charge is 0.391 e. The van der Waals surface area contributed by atoms with Gasteiger partial charge in [-0.1, -0.05) is 6.92 Å². The van der Waals surface area contributed by atoms with Crippen molar-refractivity contribution in [2.45, 2.75) is 19.4 Å². The van der Waals surface area contributed by atoms with Crippen LogP contribution in [0.3, 0.4) is 0 Å². The number of nitrogens with one attached hydrogen (secondary N) is 1. The summed E-state index contributed by atoms with van der Waals surface area (Å²) in [7, 11) is 0. The molecular formula is C8H13FN4O. The number of anilines is 2. The number of nitrogens with zero attached hydrogens (tertiary/aromatic N) is 2. The summed E-state index contributed by atoms with van der Waals surface area (Å²) in [6.07, 6.45) is 1.06. The van der Waals surface area contributed by atoms with Gasteiger partial charge in [0.15, 0.2) is 11.6 Å². The molecule has 1 heterocycles. The van der Waals surface area contributed by atoms with E-state index in [2.05, 4.69) is 15.3 Å². The van der Waals surface area contributed by atoms with Crippen molar-refractivity contribution in [1.82, 2.24) is 9.97 Å². The summed E-state index contributed by atoms with van der Waals surface area (Å²) in [5.41, 5.74) is 5.27. The molecule has 1 atom stereocenters. The predicted octanol–water partition coefficient (Wildman–Crippen LogP) is 0.381. The van der Waals surface area contributed by atoms with Crippen LogP contribution >= 0.6 is 0 Å². The lowest BCUT2D eigenvalue weighted by Crippen LogP contribution is -2.19. The van der Waals surface area contributed by atoms with Crippen molar-refractivity contribution in [3.05, 3.63) is 12.0 Å². The first-order chi connectivity index (χ1) is 6.63. The standard InChI is InChI=1S/C8H13FN4O/c1-2-5(14)3-11-7-6(9)4-12-8(10)13-7/h4-5,14H,2-3H2,1H3,(H3,10,11,12,13). The number of rotatable bonds is 4. The SMILES string of the molecule is CCC(O)CNc1nc(N)ncc1F. The number of hydrogen-bond acceptors (Lipinski definition) is 5. The molecule has 1 aromatic rings. The lowest BCUT2D eigenvalue weighted by molar-refractivity contribution is 0.183. The van der Waals surface area contributed by atoms with Crippen LogP contribution in [0.5, 0.6) is 0 Å². The maximum atomic E-state index is 13.0. The Balaban J connectivity index is 2.62. The molecule has 78 valence electrons. The summed E-state index contributed by atoms with van der Waals surface area (Å²) in [5, 5.41) is 11.9. The molecule has 0 fully saturated rings. The molecule has 0 aliphatic rings. The third-order valence-electron chi connectivity index (χ3n) is 1.74. The van der Waals surface area contributed by atoms with Crippen molar-refractivity contribution in [3.8, 4) is 0 Å². The average molecular weight is 200 g/mol. The molecule has 6 heteroatoms. The molecule has 0 aliphatic carbocycles. The van der Waals surface area contributed by atoms with Gasteiger partial charge < -0.3 is 16.2 Å². The molecule has 0 amide bonds. The second-order valence-corrected chi connectivity index (χ2v) is 2.87. The summed E-state index contributed by atoms with van der Waals surface area (Å²) in [4.78, 5) is 7.12. The van der Waals surface area contributed by atoms with Gasteiger partial charge in [0, 0.05) is 6.54 Å². The van der Waals surface area contributed by atoms with Crippen LogP contribution < -0.4 is 11.1 Å². The summed E-state index contributed by atoms with van der Waals surface area (Å²) in [5.74, 6) is -0.563. The van der Waals surface area contributed by atoms with Gasteiger partial charge in [0.25, 0.3) is 0 Å². The van der Waals surface area contributed by atoms with Crippen molar-refractivity contribution < 1.29 is 9.50 Å². The highest BCUT2D eigenvalue weighted by molar-refractivity contribution is 5.39. The highest BCUT2D eigenvalue weighted by atomic mass is 19.1. The predicted molar refractivity (Wildman–Crippen MR) is 51.2 cm³/mol. The second-order valence-electron chi connectivity index (χ2n) is 2.87. The van der Waals surface area contributed by atoms with Crippen molar-refractivity contribution in [1.29, 1.82) is 0 Å². The summed E-state index contributed by atoms with van der Waals surface area (Å²) in [6, 6.07) is 0. The molecule has 0 spiro atoms. The van der Waals surface area contributed by atoms with Gasteiger partial charge in [-0.15, -0.1) is 0 Å². The van der Waals surface area contributed by atoms with Gasteiger partial charge in [-0.2, -0.15) is 4.98 Å². The van der Waals surface area contributed by atoms with Crippen molar-refractivity contribution in [2.24, 2.45) is 0 Å². The Hall–Kier alpha value is -1.43. The van der Waals surface area contributed by atoms with Crippen molar-refractivity contribution >= 4 is 11.8 Å². The highest BCUT2D eigenvalue weighted by Gasteiger charge is 2.06. The normalized spacial score (nSPS) is 12.5. The van der Waals surface area contributed by atoms with Crippen LogP contribution in [0.4, 0.5) is 16.2 Å². The molecule has 0 saturated carbocycles. The molecule has 1 unspecified atom stereocenters. The number of halogens is 1. The minimum atomic E-state index is -0.581. The molecule has 4 N–H and O–H groups in total. The maximum absolute atomic E-state index is 13.0. The van der Waals surface area contributed by atoms with Gasteiger partial charge in [-0.3, -0.25) is 0 Å². The van der Waals surface area contributed by atoms with E-state index in [1.54, 1.807) is 0 Å². The Morgan fingerprint density at radius 3 is 3.07 bits per heavy atom. The quantitative estimate of drug-likeness (QED) is 0.654. The zero-order valence-electron chi connectivity index (χ0n) is 7.87. The van der Waals surface area contributed by atoms with Gasteiger partial charge in [0.2, 0.25) is 5.95 Å². The summed E-state index contributed by atoms with van der Waals surface area (Å²) in [6.45, 7) is 2.07. The van der Waals surface area contributed by atoms with E-state index in [4.69, 9.17) is 5.73 Å². The van der Waals surface area contributed by atoms with E-state index in [9.17, 15) is 9.50 Å². The van der Waals surface area contributed by atoms with Crippen LogP contribution in [0.1, 0.15) is 13.3 Å². The Morgan fingerprint density at radius 1 is 1.71 bits per heavy atom. The van der Waals surface area contributed by atoms with E-state index < -0.39 is 11.9 Å². The van der Waals surface area contributed by atoms with Crippen LogP contribution in [0.15, 0.2) is 6.20 Å². The van der Waals surface area contributed by atoms with E-state index in [0.717, 1.165) is 6.20 Å². The second kappa shape index (κ2) is 4.71. The van der Waals surface area contributed by atoms with Crippen LogP contribution in [0, 0.1) is 5.82 Å². The van der Waals surface area contributed by atoms with Gasteiger partial charge in [-0.05, 0) is 6.42 Å². The number of nitrogen functional groups attached to an aromatic ring is 1. The van der Waals surface area contributed by atoms with Crippen LogP contribution in [-0.2, 0) is 0 Å². The maximum Gasteiger partial charge on any atom is 0.222 e. The smallest absolute Gasteiger partial charge is 0.222 e. The van der Waals surface area contributed by atoms with E-state index >= 15 is 0 Å². The lowest BCUT2D eigenvalue weighted by atomic mass is 10.3. The first-order valence-electron chi connectivity index (χ1n) is 4.33. The number of nitrogens with two attached hydrogens (primary N) is 1. The van der Waals surface area contributed by atoms with E-state index in [1.165, 1.54) is 0 Å². The Bertz CT molecular complexity index is 307. The topological polar surface area (TPSA) is 84.1 Å². The lowest BCUT2D eigenvalue weighted by Gasteiger charge is -2.10. The summed E-state index contributed by atoms with van der Waals surface area (Å²) < 4.78 is 13.0. The molecule has 5 nitrogen and oxygen atoms in total. The van der Waals surface area contributed by atoms with Crippen molar-refractivity contribution in [2.75, 3.05) is 17.6 Å².